The molecule has 1 aromatic carbocycles. The molecule has 0 saturated carbocycles. The number of likely N-dealkylation sites (tertiary alicyclic amines) is 1. The Morgan fingerprint density at radius 2 is 1.79 bits per heavy atom. The Morgan fingerprint density at radius 1 is 1.09 bits per heavy atom. The lowest BCUT2D eigenvalue weighted by molar-refractivity contribution is -0.137. The molecule has 2 aliphatic heterocycles. The fraction of sp³-hybridized carbons (Fsp3) is 0.560. The van der Waals surface area contributed by atoms with Gasteiger partial charge >= 0.3 is 6.18 Å². The zero-order valence-corrected chi connectivity index (χ0v) is 19.2. The van der Waals surface area contributed by atoms with Crippen LogP contribution in [0.4, 0.5) is 23.4 Å². The molecule has 3 heterocycles. The lowest BCUT2D eigenvalue weighted by Gasteiger charge is -2.41. The normalized spacial score (nSPS) is 21.5. The molecule has 2 aliphatic rings. The predicted octanol–water partition coefficient (Wildman–Crippen LogP) is 5.41. The first-order valence-corrected chi connectivity index (χ1v) is 11.5. The van der Waals surface area contributed by atoms with E-state index in [-0.39, 0.29) is 29.6 Å². The molecule has 0 aliphatic carbocycles. The van der Waals surface area contributed by atoms with Crippen molar-refractivity contribution in [2.75, 3.05) is 38.2 Å². The SMILES string of the molecule is C[C@@H]1CCCN1c1cc(C(F)(F)F)cc(COCC2(c3ccc(F)cc3)CCN(C)CC2)n1. The summed E-state index contributed by atoms with van der Waals surface area (Å²) in [4.78, 5) is 8.70. The van der Waals surface area contributed by atoms with Crippen LogP contribution in [0.2, 0.25) is 0 Å². The first-order valence-electron chi connectivity index (χ1n) is 11.5. The van der Waals surface area contributed by atoms with Crippen LogP contribution in [-0.4, -0.2) is 49.2 Å². The van der Waals surface area contributed by atoms with Gasteiger partial charge in [0, 0.05) is 18.0 Å². The number of hydrogen-bond acceptors (Lipinski definition) is 4. The lowest BCUT2D eigenvalue weighted by Crippen LogP contribution is -2.43. The summed E-state index contributed by atoms with van der Waals surface area (Å²) in [6.45, 7) is 4.81. The number of hydrogen-bond donors (Lipinski definition) is 0. The average Bonchev–Trinajstić information content (AvgIpc) is 3.21. The van der Waals surface area contributed by atoms with Gasteiger partial charge in [-0.1, -0.05) is 12.1 Å². The minimum atomic E-state index is -4.45. The quantitative estimate of drug-likeness (QED) is 0.534. The number of aromatic nitrogens is 1. The number of halogens is 4. The number of rotatable bonds is 6. The third-order valence-electron chi connectivity index (χ3n) is 7.07. The summed E-state index contributed by atoms with van der Waals surface area (Å²) in [5.74, 6) is 0.0700. The Morgan fingerprint density at radius 3 is 2.39 bits per heavy atom. The molecule has 0 amide bonds. The van der Waals surface area contributed by atoms with Crippen LogP contribution in [0.3, 0.4) is 0 Å². The number of alkyl halides is 3. The molecule has 0 N–H and O–H groups in total. The highest BCUT2D eigenvalue weighted by atomic mass is 19.4. The van der Waals surface area contributed by atoms with E-state index in [9.17, 15) is 17.6 Å². The lowest BCUT2D eigenvalue weighted by atomic mass is 9.73. The summed E-state index contributed by atoms with van der Waals surface area (Å²) in [5, 5.41) is 0. The molecule has 180 valence electrons. The third-order valence-corrected chi connectivity index (χ3v) is 7.07. The molecule has 4 nitrogen and oxygen atoms in total. The maximum atomic E-state index is 13.6. The van der Waals surface area contributed by atoms with Crippen molar-refractivity contribution in [3.05, 3.63) is 59.0 Å². The molecular weight excluding hydrogens is 434 g/mol. The van der Waals surface area contributed by atoms with Crippen molar-refractivity contribution in [2.24, 2.45) is 0 Å². The van der Waals surface area contributed by atoms with Crippen molar-refractivity contribution < 1.29 is 22.3 Å². The Bertz CT molecular complexity index is 940. The Labute approximate surface area is 192 Å². The number of anilines is 1. The van der Waals surface area contributed by atoms with E-state index < -0.39 is 11.7 Å². The summed E-state index contributed by atoms with van der Waals surface area (Å²) in [7, 11) is 2.06. The van der Waals surface area contributed by atoms with Gasteiger partial charge in [-0.15, -0.1) is 0 Å². The van der Waals surface area contributed by atoms with Crippen molar-refractivity contribution in [1.82, 2.24) is 9.88 Å². The summed E-state index contributed by atoms with van der Waals surface area (Å²) < 4.78 is 60.3. The van der Waals surface area contributed by atoms with Gasteiger partial charge in [0.05, 0.1) is 24.5 Å². The molecule has 0 spiro atoms. The van der Waals surface area contributed by atoms with Crippen LogP contribution >= 0.6 is 0 Å². The molecule has 2 saturated heterocycles. The summed E-state index contributed by atoms with van der Waals surface area (Å²) >= 11 is 0. The van der Waals surface area contributed by atoms with Crippen molar-refractivity contribution in [2.45, 2.75) is 56.8 Å². The number of benzene rings is 1. The van der Waals surface area contributed by atoms with Gasteiger partial charge < -0.3 is 14.5 Å². The first-order chi connectivity index (χ1) is 15.7. The van der Waals surface area contributed by atoms with Gasteiger partial charge in [0.15, 0.2) is 0 Å². The van der Waals surface area contributed by atoms with E-state index in [4.69, 9.17) is 4.74 Å². The minimum Gasteiger partial charge on any atom is -0.374 e. The maximum Gasteiger partial charge on any atom is 0.416 e. The second-order valence-corrected chi connectivity index (χ2v) is 9.47. The van der Waals surface area contributed by atoms with Gasteiger partial charge in [-0.05, 0) is 82.6 Å². The molecule has 4 rings (SSSR count). The Hall–Kier alpha value is -2.19. The van der Waals surface area contributed by atoms with E-state index in [1.807, 2.05) is 11.8 Å². The summed E-state index contributed by atoms with van der Waals surface area (Å²) in [6.07, 6.45) is -0.889. The van der Waals surface area contributed by atoms with Crippen molar-refractivity contribution in [3.63, 3.8) is 0 Å². The zero-order chi connectivity index (χ0) is 23.6. The van der Waals surface area contributed by atoms with Crippen LogP contribution < -0.4 is 4.90 Å². The van der Waals surface area contributed by atoms with Crippen LogP contribution in [0, 0.1) is 5.82 Å². The maximum absolute atomic E-state index is 13.6. The molecular formula is C25H31F4N3O. The molecule has 0 unspecified atom stereocenters. The highest BCUT2D eigenvalue weighted by Gasteiger charge is 2.36. The number of pyridine rings is 1. The number of ether oxygens (including phenoxy) is 1. The first kappa shape index (κ1) is 24.0. The molecule has 1 aromatic heterocycles. The van der Waals surface area contributed by atoms with Gasteiger partial charge in [-0.2, -0.15) is 13.2 Å². The van der Waals surface area contributed by atoms with Crippen molar-refractivity contribution >= 4 is 5.82 Å². The average molecular weight is 466 g/mol. The molecule has 2 fully saturated rings. The van der Waals surface area contributed by atoms with E-state index in [1.165, 1.54) is 12.1 Å². The summed E-state index contributed by atoms with van der Waals surface area (Å²) in [5.41, 5.74) is 0.285. The fourth-order valence-electron chi connectivity index (χ4n) is 4.95. The number of piperidine rings is 1. The second kappa shape index (κ2) is 9.58. The van der Waals surface area contributed by atoms with E-state index in [0.717, 1.165) is 56.5 Å². The monoisotopic (exact) mass is 465 g/mol. The molecule has 2 aromatic rings. The van der Waals surface area contributed by atoms with E-state index >= 15 is 0 Å². The molecule has 33 heavy (non-hydrogen) atoms. The largest absolute Gasteiger partial charge is 0.416 e. The molecule has 1 atom stereocenters. The zero-order valence-electron chi connectivity index (χ0n) is 19.2. The molecule has 0 bridgehead atoms. The molecule has 0 radical (unpaired) electrons. The van der Waals surface area contributed by atoms with Crippen LogP contribution in [0.25, 0.3) is 0 Å². The van der Waals surface area contributed by atoms with Crippen LogP contribution in [-0.2, 0) is 22.9 Å². The highest BCUT2D eigenvalue weighted by molar-refractivity contribution is 5.45. The van der Waals surface area contributed by atoms with Crippen molar-refractivity contribution in [3.8, 4) is 0 Å². The van der Waals surface area contributed by atoms with Crippen LogP contribution in [0.1, 0.15) is 49.4 Å². The topological polar surface area (TPSA) is 28.6 Å². The predicted molar refractivity (Wildman–Crippen MR) is 120 cm³/mol. The second-order valence-electron chi connectivity index (χ2n) is 9.47. The standard InChI is InChI=1S/C25H31F4N3O/c1-18-4-3-11-32(18)23-15-20(25(27,28)29)14-22(30-23)16-33-17-24(9-12-31(2)13-10-24)19-5-7-21(26)8-6-19/h5-8,14-15,18H,3-4,9-13,16-17H2,1-2H3/t18-/m1/s1. The van der Waals surface area contributed by atoms with E-state index in [1.54, 1.807) is 12.1 Å². The van der Waals surface area contributed by atoms with E-state index in [0.29, 0.717) is 19.0 Å². The minimum absolute atomic E-state index is 0.00206. The van der Waals surface area contributed by atoms with Crippen LogP contribution in [0.5, 0.6) is 0 Å². The highest BCUT2D eigenvalue weighted by Crippen LogP contribution is 2.37. The molecule has 8 heteroatoms. The number of nitrogens with zero attached hydrogens (tertiary/aromatic N) is 3. The van der Waals surface area contributed by atoms with Gasteiger partial charge in [0.2, 0.25) is 0 Å². The smallest absolute Gasteiger partial charge is 0.374 e. The fourth-order valence-corrected chi connectivity index (χ4v) is 4.95. The third kappa shape index (κ3) is 5.49. The van der Waals surface area contributed by atoms with Gasteiger partial charge in [0.25, 0.3) is 0 Å². The van der Waals surface area contributed by atoms with Gasteiger partial charge in [-0.25, -0.2) is 9.37 Å². The Kier molecular flexibility index (Phi) is 6.96. The van der Waals surface area contributed by atoms with E-state index in [2.05, 4.69) is 16.9 Å². The van der Waals surface area contributed by atoms with Gasteiger partial charge in [0.1, 0.15) is 11.6 Å². The van der Waals surface area contributed by atoms with Crippen LogP contribution in [0.15, 0.2) is 36.4 Å². The van der Waals surface area contributed by atoms with Gasteiger partial charge in [-0.3, -0.25) is 0 Å². The Balaban J connectivity index is 1.54. The summed E-state index contributed by atoms with van der Waals surface area (Å²) in [6, 6.07) is 8.88. The van der Waals surface area contributed by atoms with Crippen molar-refractivity contribution in [1.29, 1.82) is 0 Å².